The Balaban J connectivity index is 0.879. The normalized spacial score (nSPS) is 21.6. The molecule has 1 N–H and O–H groups in total. The van der Waals surface area contributed by atoms with E-state index in [4.69, 9.17) is 4.99 Å². The number of fused-ring (bicyclic) bond motifs is 9. The van der Waals surface area contributed by atoms with Crippen LogP contribution in [0.2, 0.25) is 0 Å². The van der Waals surface area contributed by atoms with E-state index < -0.39 is 0 Å². The Labute approximate surface area is 358 Å². The molecule has 296 valence electrons. The summed E-state index contributed by atoms with van der Waals surface area (Å²) in [4.78, 5) is 7.58. The minimum atomic E-state index is -0.114. The minimum absolute atomic E-state index is 0.0246. The van der Waals surface area contributed by atoms with Crippen molar-refractivity contribution < 1.29 is 0 Å². The van der Waals surface area contributed by atoms with Gasteiger partial charge in [0.25, 0.3) is 0 Å². The molecule has 0 spiro atoms. The molecule has 2 heterocycles. The van der Waals surface area contributed by atoms with Crippen LogP contribution >= 0.6 is 0 Å². The highest BCUT2D eigenvalue weighted by Gasteiger charge is 2.39. The highest BCUT2D eigenvalue weighted by molar-refractivity contribution is 6.04. The lowest BCUT2D eigenvalue weighted by Gasteiger charge is -2.27. The molecule has 1 aliphatic heterocycles. The maximum absolute atomic E-state index is 9.58. The first-order valence-corrected chi connectivity index (χ1v) is 22.1. The van der Waals surface area contributed by atoms with Crippen molar-refractivity contribution in [2.24, 2.45) is 10.9 Å². The van der Waals surface area contributed by atoms with Gasteiger partial charge in [0.05, 0.1) is 29.3 Å². The largest absolute Gasteiger partial charge is 0.324 e. The number of rotatable bonds is 6. The monoisotopic (exact) mass is 788 g/mol. The molecule has 0 amide bonds. The Hall–Kier alpha value is -6.78. The summed E-state index contributed by atoms with van der Waals surface area (Å²) in [6.45, 7) is 4.71. The number of benzene rings is 5. The smallest absolute Gasteiger partial charge is 0.0959 e. The third kappa shape index (κ3) is 5.58. The lowest BCUT2D eigenvalue weighted by atomic mass is 9.77. The van der Waals surface area contributed by atoms with Gasteiger partial charge in [-0.1, -0.05) is 141 Å². The van der Waals surface area contributed by atoms with Gasteiger partial charge >= 0.3 is 0 Å². The Morgan fingerprint density at radius 1 is 0.770 bits per heavy atom. The summed E-state index contributed by atoms with van der Waals surface area (Å²) in [6, 6.07) is 36.3. The average Bonchev–Trinajstić information content (AvgIpc) is 3.89. The number of hydrogen-bond donors (Lipinski definition) is 1. The molecular formula is C57H48N4. The predicted molar refractivity (Wildman–Crippen MR) is 256 cm³/mol. The first-order valence-electron chi connectivity index (χ1n) is 22.1. The molecule has 5 aliphatic carbocycles. The molecule has 6 aliphatic rings. The van der Waals surface area contributed by atoms with E-state index in [2.05, 4.69) is 187 Å². The molecule has 12 rings (SSSR count). The van der Waals surface area contributed by atoms with Crippen molar-refractivity contribution in [3.63, 3.8) is 0 Å². The number of nitrogens with zero attached hydrogens (tertiary/aromatic N) is 3. The molecule has 61 heavy (non-hydrogen) atoms. The van der Waals surface area contributed by atoms with E-state index in [1.807, 2.05) is 6.34 Å². The van der Waals surface area contributed by atoms with Gasteiger partial charge in [-0.3, -0.25) is 0 Å². The summed E-state index contributed by atoms with van der Waals surface area (Å²) in [7, 11) is 0. The Kier molecular flexibility index (Phi) is 8.22. The number of aromatic nitrogens is 1. The molecule has 0 fully saturated rings. The van der Waals surface area contributed by atoms with Crippen molar-refractivity contribution in [1.29, 1.82) is 5.41 Å². The van der Waals surface area contributed by atoms with E-state index in [1.165, 1.54) is 83.3 Å². The average molecular weight is 789 g/mol. The standard InChI is InChI=1S/C57H48N4/c1-57(2)48-21-9-5-17-41(48)42-29-27-39(33-49(42)57)56(58)46-20-6-10-22-50(46)59-35-60-51-23-11-7-19-44(51)47-32-37(28-31-52(47)60)38-26-30-45-43-18-8-12-24-54(43)61(55(45)34-38)53-25-13-15-36-14-3-4-16-40(36)53/h3-7,10-17,19,22-35,44,46,51,58H,8-9,18,20-21H2,1-2H3/b58-56?,59-35+. The van der Waals surface area contributed by atoms with Crippen LogP contribution in [0.25, 0.3) is 50.1 Å². The minimum Gasteiger partial charge on any atom is -0.324 e. The van der Waals surface area contributed by atoms with Crippen molar-refractivity contribution in [2.45, 2.75) is 63.3 Å². The van der Waals surface area contributed by atoms with Gasteiger partial charge in [-0.05, 0) is 124 Å². The highest BCUT2D eigenvalue weighted by Crippen LogP contribution is 2.51. The molecule has 0 saturated heterocycles. The third-order valence-corrected chi connectivity index (χ3v) is 14.4. The van der Waals surface area contributed by atoms with Gasteiger partial charge in [0.15, 0.2) is 0 Å². The van der Waals surface area contributed by atoms with Crippen molar-refractivity contribution in [2.75, 3.05) is 4.90 Å². The van der Waals surface area contributed by atoms with Crippen LogP contribution in [0.1, 0.15) is 79.0 Å². The van der Waals surface area contributed by atoms with Crippen molar-refractivity contribution in [1.82, 2.24) is 4.57 Å². The second-order valence-corrected chi connectivity index (χ2v) is 18.0. The van der Waals surface area contributed by atoms with Crippen LogP contribution in [0.15, 0.2) is 174 Å². The highest BCUT2D eigenvalue weighted by atomic mass is 15.2. The Morgan fingerprint density at radius 3 is 2.56 bits per heavy atom. The lowest BCUT2D eigenvalue weighted by molar-refractivity contribution is 0.607. The topological polar surface area (TPSA) is 44.4 Å². The third-order valence-electron chi connectivity index (χ3n) is 14.4. The zero-order valence-corrected chi connectivity index (χ0v) is 34.8. The van der Waals surface area contributed by atoms with E-state index in [0.717, 1.165) is 43.4 Å². The number of nitrogens with one attached hydrogen (secondary N) is 1. The molecule has 1 aromatic heterocycles. The fourth-order valence-corrected chi connectivity index (χ4v) is 11.3. The zero-order chi connectivity index (χ0) is 40.8. The fourth-order valence-electron chi connectivity index (χ4n) is 11.3. The van der Waals surface area contributed by atoms with E-state index in [1.54, 1.807) is 0 Å². The van der Waals surface area contributed by atoms with E-state index >= 15 is 0 Å². The first kappa shape index (κ1) is 36.1. The predicted octanol–water partition coefficient (Wildman–Crippen LogP) is 13.8. The Morgan fingerprint density at radius 2 is 1.61 bits per heavy atom. The molecule has 3 unspecified atom stereocenters. The number of hydrogen-bond acceptors (Lipinski definition) is 2. The van der Waals surface area contributed by atoms with Crippen LogP contribution in [0.4, 0.5) is 5.69 Å². The summed E-state index contributed by atoms with van der Waals surface area (Å²) in [5.74, 6) is 0.0998. The SMILES string of the molecule is CC1(C)C2=C(C=CCC2)c2ccc(C(=N)C3CC=CC=C3/N=C/N3c4ccc(-c5ccc6c7c(n(-c8cccc9ccccc89)c6c5)C=CCC7)cc4C4C=CC=CC43)cc21. The Bertz CT molecular complexity index is 3130. The van der Waals surface area contributed by atoms with Crippen molar-refractivity contribution in [3.8, 4) is 16.8 Å². The van der Waals surface area contributed by atoms with Crippen LogP contribution in [0, 0.1) is 11.3 Å². The summed E-state index contributed by atoms with van der Waals surface area (Å²) in [5.41, 5.74) is 18.3. The maximum Gasteiger partial charge on any atom is 0.0959 e. The summed E-state index contributed by atoms with van der Waals surface area (Å²) >= 11 is 0. The van der Waals surface area contributed by atoms with Crippen LogP contribution in [0.5, 0.6) is 0 Å². The molecule has 3 atom stereocenters. The van der Waals surface area contributed by atoms with Gasteiger partial charge in [0.1, 0.15) is 0 Å². The van der Waals surface area contributed by atoms with Crippen LogP contribution in [-0.4, -0.2) is 22.7 Å². The number of allylic oxidation sites excluding steroid dienone is 11. The molecule has 5 aromatic carbocycles. The van der Waals surface area contributed by atoms with Crippen LogP contribution in [-0.2, 0) is 11.8 Å². The molecule has 0 bridgehead atoms. The number of aliphatic imine (C=N–C) groups is 1. The summed E-state index contributed by atoms with van der Waals surface area (Å²) < 4.78 is 2.50. The van der Waals surface area contributed by atoms with E-state index in [9.17, 15) is 5.41 Å². The lowest BCUT2D eigenvalue weighted by Crippen LogP contribution is -2.31. The number of aryl methyl sites for hydroxylation is 1. The van der Waals surface area contributed by atoms with Crippen LogP contribution < -0.4 is 4.90 Å². The van der Waals surface area contributed by atoms with E-state index in [-0.39, 0.29) is 23.3 Å². The second kappa shape index (κ2) is 13.9. The molecular weight excluding hydrogens is 741 g/mol. The molecule has 0 saturated carbocycles. The molecule has 4 nitrogen and oxygen atoms in total. The molecule has 0 radical (unpaired) electrons. The van der Waals surface area contributed by atoms with Crippen molar-refractivity contribution in [3.05, 3.63) is 203 Å². The van der Waals surface area contributed by atoms with Gasteiger partial charge < -0.3 is 14.9 Å². The molecule has 4 heteroatoms. The van der Waals surface area contributed by atoms with Gasteiger partial charge in [-0.15, -0.1) is 0 Å². The first-order chi connectivity index (χ1) is 29.9. The van der Waals surface area contributed by atoms with Gasteiger partial charge in [0.2, 0.25) is 0 Å². The zero-order valence-electron chi connectivity index (χ0n) is 34.8. The van der Waals surface area contributed by atoms with Gasteiger partial charge in [-0.25, -0.2) is 4.99 Å². The van der Waals surface area contributed by atoms with Crippen molar-refractivity contribution >= 4 is 51.1 Å². The molecule has 6 aromatic rings. The van der Waals surface area contributed by atoms with Gasteiger partial charge in [-0.2, -0.15) is 0 Å². The fraction of sp³-hybridized carbons (Fsp3) is 0.193. The summed E-state index contributed by atoms with van der Waals surface area (Å²) in [6.07, 6.45) is 31.8. The summed E-state index contributed by atoms with van der Waals surface area (Å²) in [5, 5.41) is 13.4. The van der Waals surface area contributed by atoms with E-state index in [0.29, 0.717) is 5.71 Å². The van der Waals surface area contributed by atoms with Gasteiger partial charge in [0, 0.05) is 45.1 Å². The maximum atomic E-state index is 9.58. The quantitative estimate of drug-likeness (QED) is 0.133. The van der Waals surface area contributed by atoms with Crippen LogP contribution in [0.3, 0.4) is 0 Å². The number of anilines is 1. The second-order valence-electron chi connectivity index (χ2n) is 18.0.